The molecule has 0 bridgehead atoms. The van der Waals surface area contributed by atoms with Crippen molar-refractivity contribution in [3.8, 4) is 0 Å². The summed E-state index contributed by atoms with van der Waals surface area (Å²) in [5.74, 6) is 0. The molecular weight excluding hydrogens is 274 g/mol. The van der Waals surface area contributed by atoms with Gasteiger partial charge < -0.3 is 5.32 Å². The van der Waals surface area contributed by atoms with Crippen LogP contribution in [-0.2, 0) is 0 Å². The summed E-state index contributed by atoms with van der Waals surface area (Å²) < 4.78 is 1.20. The van der Waals surface area contributed by atoms with Gasteiger partial charge in [-0.3, -0.25) is 0 Å². The van der Waals surface area contributed by atoms with E-state index in [0.717, 1.165) is 6.54 Å². The molecule has 0 saturated carbocycles. The second-order valence-corrected chi connectivity index (χ2v) is 6.56. The van der Waals surface area contributed by atoms with E-state index < -0.39 is 0 Å². The van der Waals surface area contributed by atoms with Gasteiger partial charge in [0.2, 0.25) is 0 Å². The predicted molar refractivity (Wildman–Crippen MR) is 79.4 cm³/mol. The molecule has 0 radical (unpaired) electrons. The van der Waals surface area contributed by atoms with E-state index in [4.69, 9.17) is 0 Å². The van der Waals surface area contributed by atoms with Gasteiger partial charge in [-0.25, -0.2) is 0 Å². The quantitative estimate of drug-likeness (QED) is 0.838. The van der Waals surface area contributed by atoms with Crippen LogP contribution in [0.2, 0.25) is 0 Å². The Hall–Kier alpha value is -0.340. The number of hydrogen-bond acceptors (Lipinski definition) is 1. The first-order valence-electron chi connectivity index (χ1n) is 6.36. The van der Waals surface area contributed by atoms with E-state index in [1.54, 1.807) is 0 Å². The van der Waals surface area contributed by atoms with Crippen molar-refractivity contribution in [1.29, 1.82) is 0 Å². The first-order valence-corrected chi connectivity index (χ1v) is 7.15. The lowest BCUT2D eigenvalue weighted by atomic mass is 9.81. The zero-order valence-electron chi connectivity index (χ0n) is 11.6. The minimum atomic E-state index is 0.223. The molecule has 1 nitrogen and oxygen atoms in total. The van der Waals surface area contributed by atoms with E-state index in [2.05, 4.69) is 74.1 Å². The van der Waals surface area contributed by atoms with Gasteiger partial charge >= 0.3 is 0 Å². The highest BCUT2D eigenvalue weighted by molar-refractivity contribution is 9.10. The number of hydrogen-bond donors (Lipinski definition) is 1. The summed E-state index contributed by atoms with van der Waals surface area (Å²) >= 11 is 3.62. The van der Waals surface area contributed by atoms with Gasteiger partial charge in [-0.2, -0.15) is 0 Å². The van der Waals surface area contributed by atoms with Crippen molar-refractivity contribution >= 4 is 15.9 Å². The van der Waals surface area contributed by atoms with Gasteiger partial charge in [-0.05, 0) is 42.5 Å². The van der Waals surface area contributed by atoms with Crippen LogP contribution in [0.3, 0.4) is 0 Å². The molecular formula is C15H24BrN. The molecule has 1 atom stereocenters. The van der Waals surface area contributed by atoms with Crippen LogP contribution in [0, 0.1) is 12.3 Å². The highest BCUT2D eigenvalue weighted by Crippen LogP contribution is 2.36. The average Bonchev–Trinajstić information content (AvgIpc) is 2.22. The summed E-state index contributed by atoms with van der Waals surface area (Å²) in [5, 5.41) is 3.67. The van der Waals surface area contributed by atoms with E-state index in [1.807, 2.05) is 0 Å². The minimum absolute atomic E-state index is 0.223. The summed E-state index contributed by atoms with van der Waals surface area (Å²) in [6.45, 7) is 12.3. The standard InChI is InChI=1S/C15H24BrN/c1-6-10-17-14(15(3,4)5)12-8-7-9-13(16)11(12)2/h7-9,14,17H,6,10H2,1-5H3. The van der Waals surface area contributed by atoms with Gasteiger partial charge in [0.25, 0.3) is 0 Å². The number of halogens is 1. The zero-order valence-corrected chi connectivity index (χ0v) is 13.2. The van der Waals surface area contributed by atoms with Crippen LogP contribution in [0.25, 0.3) is 0 Å². The van der Waals surface area contributed by atoms with Crippen molar-refractivity contribution in [3.63, 3.8) is 0 Å². The molecule has 0 fully saturated rings. The Bertz CT molecular complexity index is 366. The first-order chi connectivity index (χ1) is 7.88. The topological polar surface area (TPSA) is 12.0 Å². The fraction of sp³-hybridized carbons (Fsp3) is 0.600. The molecule has 0 amide bonds. The Morgan fingerprint density at radius 3 is 2.47 bits per heavy atom. The minimum Gasteiger partial charge on any atom is -0.309 e. The van der Waals surface area contributed by atoms with Crippen molar-refractivity contribution < 1.29 is 0 Å². The molecule has 1 aromatic carbocycles. The smallest absolute Gasteiger partial charge is 0.0372 e. The molecule has 0 aromatic heterocycles. The van der Waals surface area contributed by atoms with E-state index in [1.165, 1.54) is 22.0 Å². The van der Waals surface area contributed by atoms with Crippen molar-refractivity contribution in [1.82, 2.24) is 5.32 Å². The van der Waals surface area contributed by atoms with E-state index in [9.17, 15) is 0 Å². The summed E-state index contributed by atoms with van der Waals surface area (Å²) in [5.41, 5.74) is 2.97. The average molecular weight is 298 g/mol. The molecule has 1 rings (SSSR count). The zero-order chi connectivity index (χ0) is 13.1. The molecule has 2 heteroatoms. The lowest BCUT2D eigenvalue weighted by molar-refractivity contribution is 0.272. The third-order valence-electron chi connectivity index (χ3n) is 3.09. The van der Waals surface area contributed by atoms with E-state index in [-0.39, 0.29) is 5.41 Å². The number of nitrogens with one attached hydrogen (secondary N) is 1. The molecule has 1 unspecified atom stereocenters. The molecule has 0 aliphatic heterocycles. The van der Waals surface area contributed by atoms with Gasteiger partial charge in [0.15, 0.2) is 0 Å². The first kappa shape index (κ1) is 14.7. The molecule has 1 aromatic rings. The summed E-state index contributed by atoms with van der Waals surface area (Å²) in [6, 6.07) is 6.87. The van der Waals surface area contributed by atoms with Crippen LogP contribution >= 0.6 is 15.9 Å². The Kier molecular flexibility index (Phi) is 5.21. The van der Waals surface area contributed by atoms with Crippen LogP contribution in [0.1, 0.15) is 51.3 Å². The van der Waals surface area contributed by atoms with E-state index >= 15 is 0 Å². The summed E-state index contributed by atoms with van der Waals surface area (Å²) in [7, 11) is 0. The third-order valence-corrected chi connectivity index (χ3v) is 3.94. The van der Waals surface area contributed by atoms with Crippen LogP contribution in [0.5, 0.6) is 0 Å². The molecule has 96 valence electrons. The molecule has 17 heavy (non-hydrogen) atoms. The lowest BCUT2D eigenvalue weighted by Crippen LogP contribution is -2.33. The highest BCUT2D eigenvalue weighted by Gasteiger charge is 2.26. The number of rotatable bonds is 4. The fourth-order valence-electron chi connectivity index (χ4n) is 2.11. The normalized spacial score (nSPS) is 13.8. The molecule has 0 aliphatic rings. The van der Waals surface area contributed by atoms with Gasteiger partial charge in [0.05, 0.1) is 0 Å². The largest absolute Gasteiger partial charge is 0.309 e. The maximum Gasteiger partial charge on any atom is 0.0372 e. The Balaban J connectivity index is 3.09. The fourth-order valence-corrected chi connectivity index (χ4v) is 2.49. The van der Waals surface area contributed by atoms with Crippen molar-refractivity contribution in [3.05, 3.63) is 33.8 Å². The van der Waals surface area contributed by atoms with Crippen LogP contribution in [-0.4, -0.2) is 6.54 Å². The highest BCUT2D eigenvalue weighted by atomic mass is 79.9. The Labute approximate surface area is 114 Å². The SMILES string of the molecule is CCCNC(c1cccc(Br)c1C)C(C)(C)C. The maximum absolute atomic E-state index is 3.67. The lowest BCUT2D eigenvalue weighted by Gasteiger charge is -2.33. The summed E-state index contributed by atoms with van der Waals surface area (Å²) in [4.78, 5) is 0. The van der Waals surface area contributed by atoms with Gasteiger partial charge in [0, 0.05) is 10.5 Å². The molecule has 0 heterocycles. The maximum atomic E-state index is 3.67. The Morgan fingerprint density at radius 1 is 1.29 bits per heavy atom. The van der Waals surface area contributed by atoms with Crippen LogP contribution in [0.15, 0.2) is 22.7 Å². The second kappa shape index (κ2) is 6.01. The van der Waals surface area contributed by atoms with Crippen molar-refractivity contribution in [2.45, 2.75) is 47.1 Å². The Morgan fingerprint density at radius 2 is 1.94 bits per heavy atom. The number of benzene rings is 1. The van der Waals surface area contributed by atoms with Crippen LogP contribution < -0.4 is 5.32 Å². The predicted octanol–water partition coefficient (Wildman–Crippen LogP) is 4.84. The van der Waals surface area contributed by atoms with Crippen LogP contribution in [0.4, 0.5) is 0 Å². The monoisotopic (exact) mass is 297 g/mol. The van der Waals surface area contributed by atoms with Crippen molar-refractivity contribution in [2.24, 2.45) is 5.41 Å². The molecule has 0 spiro atoms. The van der Waals surface area contributed by atoms with Gasteiger partial charge in [0.1, 0.15) is 0 Å². The second-order valence-electron chi connectivity index (χ2n) is 5.71. The molecule has 0 saturated heterocycles. The van der Waals surface area contributed by atoms with E-state index in [0.29, 0.717) is 6.04 Å². The molecule has 1 N–H and O–H groups in total. The van der Waals surface area contributed by atoms with Gasteiger partial charge in [-0.1, -0.05) is 55.8 Å². The van der Waals surface area contributed by atoms with Gasteiger partial charge in [-0.15, -0.1) is 0 Å². The van der Waals surface area contributed by atoms with Crippen molar-refractivity contribution in [2.75, 3.05) is 6.54 Å². The molecule has 0 aliphatic carbocycles. The third kappa shape index (κ3) is 3.82. The summed E-state index contributed by atoms with van der Waals surface area (Å²) in [6.07, 6.45) is 1.17.